The van der Waals surface area contributed by atoms with Gasteiger partial charge in [0, 0.05) is 23.7 Å². The first-order valence-corrected chi connectivity index (χ1v) is 9.01. The molecular weight excluding hydrogens is 340 g/mol. The quantitative estimate of drug-likeness (QED) is 0.708. The number of fused-ring (bicyclic) bond motifs is 1. The van der Waals surface area contributed by atoms with Crippen molar-refractivity contribution in [1.29, 1.82) is 0 Å². The molecule has 2 aromatic rings. The summed E-state index contributed by atoms with van der Waals surface area (Å²) < 4.78 is 0. The van der Waals surface area contributed by atoms with Crippen molar-refractivity contribution >= 4 is 28.8 Å². The number of amides is 2. The molecule has 3 rings (SSSR count). The number of nitrogens with one attached hydrogen (secondary N) is 1. The van der Waals surface area contributed by atoms with Gasteiger partial charge < -0.3 is 20.4 Å². The second-order valence-electron chi connectivity index (χ2n) is 5.88. The Morgan fingerprint density at radius 1 is 1.16 bits per heavy atom. The number of thiophene rings is 1. The van der Waals surface area contributed by atoms with E-state index < -0.39 is 24.0 Å². The Morgan fingerprint density at radius 2 is 1.96 bits per heavy atom. The van der Waals surface area contributed by atoms with Crippen molar-refractivity contribution in [3.63, 3.8) is 0 Å². The lowest BCUT2D eigenvalue weighted by molar-refractivity contribution is -0.144. The first kappa shape index (κ1) is 17.6. The largest absolute Gasteiger partial charge is 0.380 e. The topological polar surface area (TPSA) is 89.9 Å². The zero-order valence-electron chi connectivity index (χ0n) is 13.6. The summed E-state index contributed by atoms with van der Waals surface area (Å²) in [5.74, 6) is -1.41. The minimum absolute atomic E-state index is 0.337. The molecule has 2 amide bonds. The Hall–Kier alpha value is -2.22. The predicted octanol–water partition coefficient (Wildman–Crippen LogP) is 0.718. The summed E-state index contributed by atoms with van der Waals surface area (Å²) in [5, 5.41) is 24.6. The Balaban J connectivity index is 1.55. The molecule has 1 aromatic heterocycles. The standard InChI is InChI=1S/C18H20N2O4S/c21-15(17(23)19-9-7-13-5-3-11-25-13)16(22)18(24)20-10-8-12-4-1-2-6-14(12)20/h1-6,11,15-16,21-22H,7-10H2,(H,19,23)/t15-,16-/m1/s1. The minimum Gasteiger partial charge on any atom is -0.380 e. The third-order valence-corrected chi connectivity index (χ3v) is 5.16. The van der Waals surface area contributed by atoms with Gasteiger partial charge in [0.25, 0.3) is 11.8 Å². The van der Waals surface area contributed by atoms with Crippen molar-refractivity contribution in [3.8, 4) is 0 Å². The van der Waals surface area contributed by atoms with E-state index in [0.717, 1.165) is 16.1 Å². The monoisotopic (exact) mass is 360 g/mol. The normalized spacial score (nSPS) is 15.5. The molecule has 0 saturated heterocycles. The molecular formula is C18H20N2O4S. The van der Waals surface area contributed by atoms with Crippen LogP contribution in [0.15, 0.2) is 41.8 Å². The van der Waals surface area contributed by atoms with E-state index >= 15 is 0 Å². The number of benzene rings is 1. The molecule has 0 fully saturated rings. The van der Waals surface area contributed by atoms with Crippen LogP contribution in [0.25, 0.3) is 0 Å². The number of aliphatic hydroxyl groups is 2. The highest BCUT2D eigenvalue weighted by Gasteiger charge is 2.35. The van der Waals surface area contributed by atoms with Crippen molar-refractivity contribution in [1.82, 2.24) is 5.32 Å². The van der Waals surface area contributed by atoms with Crippen LogP contribution in [0, 0.1) is 0 Å². The van der Waals surface area contributed by atoms with Gasteiger partial charge in [-0.2, -0.15) is 0 Å². The summed E-state index contributed by atoms with van der Waals surface area (Å²) in [7, 11) is 0. The predicted molar refractivity (Wildman–Crippen MR) is 95.5 cm³/mol. The highest BCUT2D eigenvalue weighted by molar-refractivity contribution is 7.09. The summed E-state index contributed by atoms with van der Waals surface area (Å²) in [6.07, 6.45) is -2.24. The Bertz CT molecular complexity index is 747. The first-order chi connectivity index (χ1) is 12.1. The van der Waals surface area contributed by atoms with E-state index in [4.69, 9.17) is 0 Å². The van der Waals surface area contributed by atoms with Gasteiger partial charge in [-0.15, -0.1) is 11.3 Å². The molecule has 2 atom stereocenters. The molecule has 0 spiro atoms. The van der Waals surface area contributed by atoms with Gasteiger partial charge in [0.15, 0.2) is 12.2 Å². The second kappa shape index (κ2) is 7.77. The van der Waals surface area contributed by atoms with Gasteiger partial charge in [-0.3, -0.25) is 9.59 Å². The van der Waals surface area contributed by atoms with E-state index in [9.17, 15) is 19.8 Å². The van der Waals surface area contributed by atoms with Crippen LogP contribution in [-0.2, 0) is 22.4 Å². The van der Waals surface area contributed by atoms with E-state index in [2.05, 4.69) is 5.32 Å². The van der Waals surface area contributed by atoms with Gasteiger partial charge in [0.2, 0.25) is 0 Å². The van der Waals surface area contributed by atoms with E-state index in [1.54, 1.807) is 17.4 Å². The highest BCUT2D eigenvalue weighted by atomic mass is 32.1. The minimum atomic E-state index is -1.79. The number of para-hydroxylation sites is 1. The van der Waals surface area contributed by atoms with Crippen molar-refractivity contribution in [2.24, 2.45) is 0 Å². The summed E-state index contributed by atoms with van der Waals surface area (Å²) in [6.45, 7) is 0.770. The number of hydrogen-bond acceptors (Lipinski definition) is 5. The maximum atomic E-state index is 12.5. The zero-order valence-corrected chi connectivity index (χ0v) is 14.4. The average Bonchev–Trinajstić information content (AvgIpc) is 3.29. The molecule has 1 aliphatic heterocycles. The summed E-state index contributed by atoms with van der Waals surface area (Å²) in [4.78, 5) is 27.0. The summed E-state index contributed by atoms with van der Waals surface area (Å²) in [5.41, 5.74) is 1.73. The van der Waals surface area contributed by atoms with Crippen LogP contribution in [0.5, 0.6) is 0 Å². The maximum Gasteiger partial charge on any atom is 0.259 e. The average molecular weight is 360 g/mol. The van der Waals surface area contributed by atoms with Crippen molar-refractivity contribution < 1.29 is 19.8 Å². The highest BCUT2D eigenvalue weighted by Crippen LogP contribution is 2.28. The van der Waals surface area contributed by atoms with Crippen LogP contribution in [0.2, 0.25) is 0 Å². The lowest BCUT2D eigenvalue weighted by Gasteiger charge is -2.23. The van der Waals surface area contributed by atoms with Gasteiger partial charge in [-0.1, -0.05) is 24.3 Å². The number of aliphatic hydroxyl groups excluding tert-OH is 2. The van der Waals surface area contributed by atoms with Crippen LogP contribution in [0.3, 0.4) is 0 Å². The van der Waals surface area contributed by atoms with Gasteiger partial charge in [0.05, 0.1) is 0 Å². The fourth-order valence-electron chi connectivity index (χ4n) is 2.87. The molecule has 1 aliphatic rings. The number of hydrogen-bond donors (Lipinski definition) is 3. The molecule has 0 bridgehead atoms. The third-order valence-electron chi connectivity index (χ3n) is 4.22. The number of rotatable bonds is 6. The molecule has 1 aromatic carbocycles. The van der Waals surface area contributed by atoms with Crippen molar-refractivity contribution in [2.75, 3.05) is 18.0 Å². The summed E-state index contributed by atoms with van der Waals surface area (Å²) in [6, 6.07) is 11.3. The van der Waals surface area contributed by atoms with Crippen LogP contribution in [0.1, 0.15) is 10.4 Å². The molecule has 2 heterocycles. The van der Waals surface area contributed by atoms with E-state index in [1.807, 2.05) is 35.7 Å². The Labute approximate surface area is 149 Å². The fourth-order valence-corrected chi connectivity index (χ4v) is 3.58. The van der Waals surface area contributed by atoms with Crippen LogP contribution >= 0.6 is 11.3 Å². The number of anilines is 1. The van der Waals surface area contributed by atoms with E-state index in [-0.39, 0.29) is 0 Å². The van der Waals surface area contributed by atoms with E-state index in [0.29, 0.717) is 25.9 Å². The lowest BCUT2D eigenvalue weighted by Crippen LogP contribution is -2.50. The van der Waals surface area contributed by atoms with Gasteiger partial charge >= 0.3 is 0 Å². The molecule has 3 N–H and O–H groups in total. The maximum absolute atomic E-state index is 12.5. The smallest absolute Gasteiger partial charge is 0.259 e. The molecule has 6 nitrogen and oxygen atoms in total. The molecule has 132 valence electrons. The number of carbonyl (C=O) groups excluding carboxylic acids is 2. The van der Waals surface area contributed by atoms with Gasteiger partial charge in [-0.05, 0) is 35.9 Å². The number of carbonyl (C=O) groups is 2. The Morgan fingerprint density at radius 3 is 2.72 bits per heavy atom. The van der Waals surface area contributed by atoms with Crippen molar-refractivity contribution in [2.45, 2.75) is 25.0 Å². The Kier molecular flexibility index (Phi) is 5.47. The van der Waals surface area contributed by atoms with Gasteiger partial charge in [-0.25, -0.2) is 0 Å². The lowest BCUT2D eigenvalue weighted by atomic mass is 10.1. The molecule has 7 heteroatoms. The second-order valence-corrected chi connectivity index (χ2v) is 6.91. The molecule has 25 heavy (non-hydrogen) atoms. The van der Waals surface area contributed by atoms with Crippen LogP contribution < -0.4 is 10.2 Å². The zero-order chi connectivity index (χ0) is 17.8. The van der Waals surface area contributed by atoms with Crippen LogP contribution in [-0.4, -0.2) is 47.3 Å². The third kappa shape index (κ3) is 3.89. The van der Waals surface area contributed by atoms with Gasteiger partial charge in [0.1, 0.15) is 0 Å². The van der Waals surface area contributed by atoms with Crippen LogP contribution in [0.4, 0.5) is 5.69 Å². The van der Waals surface area contributed by atoms with E-state index in [1.165, 1.54) is 4.90 Å². The van der Waals surface area contributed by atoms with Crippen molar-refractivity contribution in [3.05, 3.63) is 52.2 Å². The summed E-state index contributed by atoms with van der Waals surface area (Å²) >= 11 is 1.58. The first-order valence-electron chi connectivity index (χ1n) is 8.13. The fraction of sp³-hybridized carbons (Fsp3) is 0.333. The molecule has 0 aliphatic carbocycles. The molecule has 0 radical (unpaired) electrons. The number of nitrogens with zero attached hydrogens (tertiary/aromatic N) is 1. The SMILES string of the molecule is O=C(NCCc1cccs1)[C@H](O)[C@@H](O)C(=O)N1CCc2ccccc21. The molecule has 0 saturated carbocycles. The molecule has 0 unspecified atom stereocenters.